The highest BCUT2D eigenvalue weighted by atomic mass is 16.1. The quantitative estimate of drug-likeness (QED) is 0.243. The van der Waals surface area contributed by atoms with E-state index in [9.17, 15) is 4.79 Å². The van der Waals surface area contributed by atoms with Gasteiger partial charge in [-0.25, -0.2) is 9.97 Å². The Morgan fingerprint density at radius 1 is 0.900 bits per heavy atom. The van der Waals surface area contributed by atoms with E-state index in [0.717, 1.165) is 51.9 Å². The van der Waals surface area contributed by atoms with Gasteiger partial charge in [0.05, 0.1) is 40.5 Å². The van der Waals surface area contributed by atoms with Crippen LogP contribution in [0.2, 0.25) is 0 Å². The molecule has 0 aliphatic heterocycles. The number of fused-ring (bicyclic) bond motifs is 2. The minimum absolute atomic E-state index is 0.0378. The van der Waals surface area contributed by atoms with E-state index in [1.165, 1.54) is 19.3 Å². The molecule has 0 bridgehead atoms. The van der Waals surface area contributed by atoms with Crippen molar-refractivity contribution >= 4 is 33.7 Å². The van der Waals surface area contributed by atoms with Gasteiger partial charge < -0.3 is 10.3 Å². The smallest absolute Gasteiger partial charge is 0.224 e. The minimum atomic E-state index is 0.0378. The first-order chi connectivity index (χ1) is 19.7. The SMILES string of the molecule is O=C(CC1CCCCC1)Nc1cncc(-c2ccc3[nH]nc(-c4nc5c(-c6ccccn6)cncc5[nH]4)c3n2)c1. The van der Waals surface area contributed by atoms with Gasteiger partial charge in [-0.05, 0) is 49.1 Å². The van der Waals surface area contributed by atoms with E-state index in [-0.39, 0.29) is 5.91 Å². The third kappa shape index (κ3) is 4.68. The van der Waals surface area contributed by atoms with Gasteiger partial charge in [-0.2, -0.15) is 5.10 Å². The fraction of sp³-hybridized carbons (Fsp3) is 0.233. The van der Waals surface area contributed by atoms with E-state index < -0.39 is 0 Å². The summed E-state index contributed by atoms with van der Waals surface area (Å²) < 4.78 is 0. The van der Waals surface area contributed by atoms with Crippen LogP contribution >= 0.6 is 0 Å². The number of anilines is 1. The molecule has 10 heteroatoms. The van der Waals surface area contributed by atoms with Crippen LogP contribution in [0.5, 0.6) is 0 Å². The first kappa shape index (κ1) is 24.1. The Hall–Kier alpha value is -4.99. The molecule has 0 aromatic carbocycles. The summed E-state index contributed by atoms with van der Waals surface area (Å²) in [5.74, 6) is 1.09. The van der Waals surface area contributed by atoms with E-state index in [1.807, 2.05) is 36.4 Å². The molecule has 0 saturated heterocycles. The Bertz CT molecular complexity index is 1820. The zero-order valence-electron chi connectivity index (χ0n) is 21.8. The Kier molecular flexibility index (Phi) is 6.19. The molecule has 6 aromatic rings. The second-order valence-corrected chi connectivity index (χ2v) is 10.3. The molecule has 0 unspecified atom stereocenters. The first-order valence-corrected chi connectivity index (χ1v) is 13.6. The highest BCUT2D eigenvalue weighted by Gasteiger charge is 2.19. The summed E-state index contributed by atoms with van der Waals surface area (Å²) >= 11 is 0. The molecule has 1 aliphatic carbocycles. The van der Waals surface area contributed by atoms with Gasteiger partial charge in [0, 0.05) is 36.1 Å². The predicted octanol–water partition coefficient (Wildman–Crippen LogP) is 5.93. The summed E-state index contributed by atoms with van der Waals surface area (Å²) in [4.78, 5) is 39.0. The van der Waals surface area contributed by atoms with Crippen molar-refractivity contribution in [2.75, 3.05) is 5.32 Å². The van der Waals surface area contributed by atoms with Crippen molar-refractivity contribution in [1.29, 1.82) is 0 Å². The Morgan fingerprint density at radius 2 is 1.80 bits per heavy atom. The molecule has 10 nitrogen and oxygen atoms in total. The van der Waals surface area contributed by atoms with Crippen molar-refractivity contribution in [3.05, 3.63) is 67.4 Å². The fourth-order valence-electron chi connectivity index (χ4n) is 5.49. The average molecular weight is 530 g/mol. The second kappa shape index (κ2) is 10.3. The number of imidazole rings is 1. The molecule has 3 N–H and O–H groups in total. The number of carbonyl (C=O) groups excluding carboxylic acids is 1. The molecule has 0 radical (unpaired) electrons. The van der Waals surface area contributed by atoms with Gasteiger partial charge in [0.2, 0.25) is 5.91 Å². The number of hydrogen-bond donors (Lipinski definition) is 3. The summed E-state index contributed by atoms with van der Waals surface area (Å²) in [6.45, 7) is 0. The van der Waals surface area contributed by atoms with Crippen LogP contribution in [-0.4, -0.2) is 46.0 Å². The van der Waals surface area contributed by atoms with Crippen molar-refractivity contribution in [2.45, 2.75) is 38.5 Å². The first-order valence-electron chi connectivity index (χ1n) is 13.6. The fourth-order valence-corrected chi connectivity index (χ4v) is 5.49. The molecule has 1 fully saturated rings. The summed E-state index contributed by atoms with van der Waals surface area (Å²) in [7, 11) is 0. The lowest BCUT2D eigenvalue weighted by atomic mass is 9.87. The summed E-state index contributed by atoms with van der Waals surface area (Å²) in [5, 5.41) is 10.6. The van der Waals surface area contributed by atoms with Crippen LogP contribution in [0.3, 0.4) is 0 Å². The van der Waals surface area contributed by atoms with Crippen LogP contribution in [0.25, 0.3) is 56.1 Å². The number of aromatic amines is 2. The summed E-state index contributed by atoms with van der Waals surface area (Å²) in [6.07, 6.45) is 15.2. The molecule has 7 rings (SSSR count). The Balaban J connectivity index is 1.19. The normalized spacial score (nSPS) is 14.1. The molecular formula is C30H27N9O. The highest BCUT2D eigenvalue weighted by Crippen LogP contribution is 2.31. The molecule has 6 heterocycles. The topological polar surface area (TPSA) is 138 Å². The number of amides is 1. The van der Waals surface area contributed by atoms with E-state index >= 15 is 0 Å². The molecule has 1 aliphatic rings. The van der Waals surface area contributed by atoms with Gasteiger partial charge in [0.1, 0.15) is 11.0 Å². The van der Waals surface area contributed by atoms with Crippen molar-refractivity contribution < 1.29 is 4.79 Å². The maximum absolute atomic E-state index is 12.7. The zero-order valence-corrected chi connectivity index (χ0v) is 21.8. The van der Waals surface area contributed by atoms with Crippen molar-refractivity contribution in [3.8, 4) is 34.0 Å². The van der Waals surface area contributed by atoms with Crippen molar-refractivity contribution in [1.82, 2.24) is 40.1 Å². The maximum atomic E-state index is 12.7. The number of hydrogen-bond acceptors (Lipinski definition) is 7. The lowest BCUT2D eigenvalue weighted by Gasteiger charge is -2.20. The third-order valence-corrected chi connectivity index (χ3v) is 7.48. The van der Waals surface area contributed by atoms with Gasteiger partial charge in [-0.15, -0.1) is 0 Å². The van der Waals surface area contributed by atoms with Crippen LogP contribution in [0.1, 0.15) is 38.5 Å². The molecule has 0 atom stereocenters. The molecule has 1 saturated carbocycles. The molecular weight excluding hydrogens is 502 g/mol. The monoisotopic (exact) mass is 529 g/mol. The highest BCUT2D eigenvalue weighted by molar-refractivity contribution is 5.95. The molecule has 198 valence electrons. The van der Waals surface area contributed by atoms with Crippen molar-refractivity contribution in [3.63, 3.8) is 0 Å². The van der Waals surface area contributed by atoms with Crippen LogP contribution in [-0.2, 0) is 4.79 Å². The third-order valence-electron chi connectivity index (χ3n) is 7.48. The van der Waals surface area contributed by atoms with Crippen LogP contribution in [0.15, 0.2) is 67.4 Å². The van der Waals surface area contributed by atoms with Crippen LogP contribution in [0, 0.1) is 5.92 Å². The Labute approximate surface area is 229 Å². The van der Waals surface area contributed by atoms with E-state index in [0.29, 0.717) is 35.1 Å². The standard InChI is InChI=1S/C30H27N9O/c40-26(12-18-6-2-1-3-7-18)34-20-13-19(14-31-15-20)22-9-10-24-28(35-22)29(39-38-24)30-36-25-17-32-16-21(27(25)37-30)23-8-4-5-11-33-23/h4-5,8-11,13-18H,1-3,6-7,12H2,(H,34,40)(H,36,37)(H,38,39). The largest absolute Gasteiger partial charge is 0.335 e. The van der Waals surface area contributed by atoms with Gasteiger partial charge in [-0.1, -0.05) is 25.3 Å². The summed E-state index contributed by atoms with van der Waals surface area (Å²) in [5.41, 5.74) is 7.43. The Morgan fingerprint density at radius 3 is 2.67 bits per heavy atom. The number of nitrogens with one attached hydrogen (secondary N) is 3. The van der Waals surface area contributed by atoms with Gasteiger partial charge in [0.25, 0.3) is 0 Å². The number of aromatic nitrogens is 8. The maximum Gasteiger partial charge on any atom is 0.224 e. The molecule has 40 heavy (non-hydrogen) atoms. The van der Waals surface area contributed by atoms with Gasteiger partial charge >= 0.3 is 0 Å². The number of carbonyl (C=O) groups is 1. The van der Waals surface area contributed by atoms with E-state index in [4.69, 9.17) is 9.97 Å². The average Bonchev–Trinajstić information content (AvgIpc) is 3.62. The molecule has 0 spiro atoms. The van der Waals surface area contributed by atoms with Gasteiger partial charge in [0.15, 0.2) is 11.5 Å². The number of pyridine rings is 4. The lowest BCUT2D eigenvalue weighted by molar-refractivity contribution is -0.117. The lowest BCUT2D eigenvalue weighted by Crippen LogP contribution is -2.18. The van der Waals surface area contributed by atoms with Crippen LogP contribution in [0.4, 0.5) is 5.69 Å². The molecule has 6 aromatic heterocycles. The summed E-state index contributed by atoms with van der Waals surface area (Å²) in [6, 6.07) is 11.5. The van der Waals surface area contributed by atoms with Gasteiger partial charge in [-0.3, -0.25) is 24.8 Å². The van der Waals surface area contributed by atoms with E-state index in [1.54, 1.807) is 31.0 Å². The number of nitrogens with zero attached hydrogens (tertiary/aromatic N) is 6. The second-order valence-electron chi connectivity index (χ2n) is 10.3. The van der Waals surface area contributed by atoms with Crippen LogP contribution < -0.4 is 5.32 Å². The van der Waals surface area contributed by atoms with Crippen molar-refractivity contribution in [2.24, 2.45) is 5.92 Å². The van der Waals surface area contributed by atoms with E-state index in [2.05, 4.69) is 35.5 Å². The zero-order chi connectivity index (χ0) is 26.9. The number of H-pyrrole nitrogens is 2. The predicted molar refractivity (Wildman–Crippen MR) is 153 cm³/mol. The minimum Gasteiger partial charge on any atom is -0.335 e. The number of rotatable bonds is 6. The molecule has 1 amide bonds.